The highest BCUT2D eigenvalue weighted by molar-refractivity contribution is 9.08. The van der Waals surface area contributed by atoms with Gasteiger partial charge in [0.2, 0.25) is 10.0 Å². The molecule has 0 radical (unpaired) electrons. The summed E-state index contributed by atoms with van der Waals surface area (Å²) >= 11 is 3.35. The molecule has 1 aliphatic heterocycles. The molecule has 6 heteroatoms. The van der Waals surface area contributed by atoms with Gasteiger partial charge in [-0.1, -0.05) is 28.1 Å². The Kier molecular flexibility index (Phi) is 4.17. The van der Waals surface area contributed by atoms with Crippen molar-refractivity contribution in [3.8, 4) is 0 Å². The maximum atomic E-state index is 12.4. The van der Waals surface area contributed by atoms with E-state index in [0.29, 0.717) is 17.4 Å². The maximum absolute atomic E-state index is 12.4. The van der Waals surface area contributed by atoms with Gasteiger partial charge in [-0.3, -0.25) is 0 Å². The first kappa shape index (κ1) is 14.5. The van der Waals surface area contributed by atoms with Gasteiger partial charge in [0.1, 0.15) is 0 Å². The van der Waals surface area contributed by atoms with Crippen LogP contribution in [0.5, 0.6) is 0 Å². The van der Waals surface area contributed by atoms with E-state index in [0.717, 1.165) is 30.2 Å². The summed E-state index contributed by atoms with van der Waals surface area (Å²) in [5.41, 5.74) is 1.06. The van der Waals surface area contributed by atoms with Crippen LogP contribution in [0, 0.1) is 5.92 Å². The van der Waals surface area contributed by atoms with Crippen LogP contribution < -0.4 is 4.72 Å². The Hall–Kier alpha value is -0.430. The zero-order valence-electron chi connectivity index (χ0n) is 11.1. The number of sulfonamides is 1. The second-order valence-corrected chi connectivity index (χ2v) is 7.74. The summed E-state index contributed by atoms with van der Waals surface area (Å²) in [6.07, 6.45) is 3.14. The number of ether oxygens (including phenoxy) is 1. The standard InChI is InChI=1S/C14H18BrNO3S/c15-9-10-1-5-12(6-2-10)20(17,18)16-13-7-8-19-14(13)11-3-4-11/h1-2,5-6,11,13-14,16H,3-4,7-9H2. The molecular formula is C14H18BrNO3S. The van der Waals surface area contributed by atoms with Crippen LogP contribution in [0.4, 0.5) is 0 Å². The first-order valence-corrected chi connectivity index (χ1v) is 9.49. The van der Waals surface area contributed by atoms with Gasteiger partial charge in [0.25, 0.3) is 0 Å². The molecule has 2 aliphatic rings. The Morgan fingerprint density at radius 3 is 2.50 bits per heavy atom. The van der Waals surface area contributed by atoms with E-state index in [1.807, 2.05) is 12.1 Å². The lowest BCUT2D eigenvalue weighted by Crippen LogP contribution is -2.41. The number of halogens is 1. The molecule has 2 fully saturated rings. The van der Waals surface area contributed by atoms with Gasteiger partial charge in [0.15, 0.2) is 0 Å². The second kappa shape index (κ2) is 5.75. The summed E-state index contributed by atoms with van der Waals surface area (Å²) < 4.78 is 33.3. The molecule has 1 heterocycles. The van der Waals surface area contributed by atoms with Crippen LogP contribution in [-0.2, 0) is 20.1 Å². The highest BCUT2D eigenvalue weighted by Crippen LogP contribution is 2.39. The highest BCUT2D eigenvalue weighted by Gasteiger charge is 2.42. The summed E-state index contributed by atoms with van der Waals surface area (Å²) in [5.74, 6) is 0.543. The number of rotatable bonds is 5. The predicted octanol–water partition coefficient (Wildman–Crippen LogP) is 2.43. The van der Waals surface area contributed by atoms with Crippen molar-refractivity contribution in [3.63, 3.8) is 0 Å². The number of alkyl halides is 1. The van der Waals surface area contributed by atoms with Crippen molar-refractivity contribution >= 4 is 26.0 Å². The monoisotopic (exact) mass is 359 g/mol. The highest BCUT2D eigenvalue weighted by atomic mass is 79.9. The van der Waals surface area contributed by atoms with E-state index in [9.17, 15) is 8.42 Å². The first-order chi connectivity index (χ1) is 9.60. The largest absolute Gasteiger partial charge is 0.376 e. The van der Waals surface area contributed by atoms with Crippen LogP contribution in [0.15, 0.2) is 29.2 Å². The third-order valence-corrected chi connectivity index (χ3v) is 6.07. The molecule has 1 saturated carbocycles. The molecule has 20 heavy (non-hydrogen) atoms. The molecule has 0 spiro atoms. The van der Waals surface area contributed by atoms with Gasteiger partial charge < -0.3 is 4.74 Å². The minimum Gasteiger partial charge on any atom is -0.376 e. The summed E-state index contributed by atoms with van der Waals surface area (Å²) in [5, 5.41) is 0.723. The fourth-order valence-electron chi connectivity index (χ4n) is 2.65. The molecule has 1 aliphatic carbocycles. The van der Waals surface area contributed by atoms with E-state index in [1.54, 1.807) is 12.1 Å². The third-order valence-electron chi connectivity index (χ3n) is 3.92. The van der Waals surface area contributed by atoms with Crippen molar-refractivity contribution < 1.29 is 13.2 Å². The molecular weight excluding hydrogens is 342 g/mol. The zero-order valence-corrected chi connectivity index (χ0v) is 13.5. The minimum atomic E-state index is -3.45. The van der Waals surface area contributed by atoms with Crippen molar-refractivity contribution in [3.05, 3.63) is 29.8 Å². The molecule has 110 valence electrons. The summed E-state index contributed by atoms with van der Waals surface area (Å²) in [4.78, 5) is 0.323. The lowest BCUT2D eigenvalue weighted by Gasteiger charge is -2.19. The Balaban J connectivity index is 1.73. The van der Waals surface area contributed by atoms with E-state index in [1.165, 1.54) is 0 Å². The van der Waals surface area contributed by atoms with Crippen molar-refractivity contribution in [2.24, 2.45) is 5.92 Å². The van der Waals surface area contributed by atoms with Gasteiger partial charge in [-0.15, -0.1) is 0 Å². The Morgan fingerprint density at radius 2 is 1.90 bits per heavy atom. The first-order valence-electron chi connectivity index (χ1n) is 6.89. The van der Waals surface area contributed by atoms with E-state index in [4.69, 9.17) is 4.74 Å². The van der Waals surface area contributed by atoms with Crippen LogP contribution in [-0.4, -0.2) is 27.2 Å². The predicted molar refractivity (Wildman–Crippen MR) is 80.3 cm³/mol. The number of benzene rings is 1. The lowest BCUT2D eigenvalue weighted by atomic mass is 10.1. The van der Waals surface area contributed by atoms with Crippen LogP contribution in [0.2, 0.25) is 0 Å². The summed E-state index contributed by atoms with van der Waals surface area (Å²) in [6, 6.07) is 6.88. The Labute approximate surface area is 128 Å². The average Bonchev–Trinajstić information content (AvgIpc) is 3.19. The summed E-state index contributed by atoms with van der Waals surface area (Å²) in [7, 11) is -3.45. The second-order valence-electron chi connectivity index (χ2n) is 5.47. The lowest BCUT2D eigenvalue weighted by molar-refractivity contribution is 0.0848. The molecule has 2 atom stereocenters. The zero-order chi connectivity index (χ0) is 14.2. The van der Waals surface area contributed by atoms with Crippen molar-refractivity contribution in [1.29, 1.82) is 0 Å². The van der Waals surface area contributed by atoms with Crippen LogP contribution in [0.1, 0.15) is 24.8 Å². The quantitative estimate of drug-likeness (QED) is 0.821. The Morgan fingerprint density at radius 1 is 1.20 bits per heavy atom. The molecule has 0 amide bonds. The van der Waals surface area contributed by atoms with Crippen LogP contribution in [0.25, 0.3) is 0 Å². The molecule has 3 rings (SSSR count). The van der Waals surface area contributed by atoms with E-state index in [-0.39, 0.29) is 12.1 Å². The molecule has 0 bridgehead atoms. The number of nitrogens with one attached hydrogen (secondary N) is 1. The minimum absolute atomic E-state index is 0.0617. The van der Waals surface area contributed by atoms with Crippen LogP contribution >= 0.6 is 15.9 Å². The topological polar surface area (TPSA) is 55.4 Å². The van der Waals surface area contributed by atoms with E-state index in [2.05, 4.69) is 20.7 Å². The smallest absolute Gasteiger partial charge is 0.240 e. The van der Waals surface area contributed by atoms with Gasteiger partial charge in [0.05, 0.1) is 17.0 Å². The molecule has 4 nitrogen and oxygen atoms in total. The van der Waals surface area contributed by atoms with Gasteiger partial charge in [-0.05, 0) is 42.9 Å². The van der Waals surface area contributed by atoms with E-state index >= 15 is 0 Å². The molecule has 1 N–H and O–H groups in total. The normalized spacial score (nSPS) is 26.9. The fourth-order valence-corrected chi connectivity index (χ4v) is 4.31. The Bertz CT molecular complexity index is 569. The number of hydrogen-bond acceptors (Lipinski definition) is 3. The third kappa shape index (κ3) is 3.08. The summed E-state index contributed by atoms with van der Waals surface area (Å²) in [6.45, 7) is 0.650. The van der Waals surface area contributed by atoms with Gasteiger partial charge in [-0.2, -0.15) is 0 Å². The van der Waals surface area contributed by atoms with Gasteiger partial charge >= 0.3 is 0 Å². The van der Waals surface area contributed by atoms with E-state index < -0.39 is 10.0 Å². The average molecular weight is 360 g/mol. The SMILES string of the molecule is O=S(=O)(NC1CCOC1C1CC1)c1ccc(CBr)cc1. The van der Waals surface area contributed by atoms with Crippen LogP contribution in [0.3, 0.4) is 0 Å². The molecule has 1 saturated heterocycles. The van der Waals surface area contributed by atoms with Gasteiger partial charge in [0, 0.05) is 11.9 Å². The van der Waals surface area contributed by atoms with Crippen molar-refractivity contribution in [2.75, 3.05) is 6.61 Å². The maximum Gasteiger partial charge on any atom is 0.240 e. The molecule has 1 aromatic carbocycles. The van der Waals surface area contributed by atoms with Crippen molar-refractivity contribution in [2.45, 2.75) is 41.6 Å². The molecule has 0 aromatic heterocycles. The fraction of sp³-hybridized carbons (Fsp3) is 0.571. The van der Waals surface area contributed by atoms with Crippen molar-refractivity contribution in [1.82, 2.24) is 4.72 Å². The number of hydrogen-bond donors (Lipinski definition) is 1. The van der Waals surface area contributed by atoms with Gasteiger partial charge in [-0.25, -0.2) is 13.1 Å². The molecule has 1 aromatic rings. The molecule has 2 unspecified atom stereocenters.